The molecule has 0 radical (unpaired) electrons. The van der Waals surface area contributed by atoms with E-state index in [2.05, 4.69) is 4.99 Å². The number of ether oxygens (including phenoxy) is 2. The van der Waals surface area contributed by atoms with Gasteiger partial charge in [0.05, 0.1) is 22.4 Å². The van der Waals surface area contributed by atoms with Gasteiger partial charge in [-0.2, -0.15) is 4.99 Å². The average Bonchev–Trinajstić information content (AvgIpc) is 3.10. The lowest BCUT2D eigenvalue weighted by molar-refractivity contribution is 0.0995. The molecule has 0 spiro atoms. The summed E-state index contributed by atoms with van der Waals surface area (Å²) >= 11 is 1.03. The van der Waals surface area contributed by atoms with Crippen LogP contribution in [0.25, 0.3) is 10.2 Å². The lowest BCUT2D eigenvalue weighted by Gasteiger charge is -2.09. The van der Waals surface area contributed by atoms with Gasteiger partial charge in [0.15, 0.2) is 10.6 Å². The monoisotopic (exact) mass is 440 g/mol. The number of thiazole rings is 1. The smallest absolute Gasteiger partial charge is 0.283 e. The highest BCUT2D eigenvalue weighted by atomic mass is 32.1. The van der Waals surface area contributed by atoms with E-state index in [1.165, 1.54) is 17.7 Å². The fourth-order valence-corrected chi connectivity index (χ4v) is 4.19. The zero-order chi connectivity index (χ0) is 21.8. The number of benzene rings is 3. The number of hydrogen-bond donors (Lipinski definition) is 0. The summed E-state index contributed by atoms with van der Waals surface area (Å²) in [5, 5.41) is 0. The maximum atomic E-state index is 14.5. The molecular formula is C23H18F2N2O3S. The van der Waals surface area contributed by atoms with Gasteiger partial charge < -0.3 is 14.0 Å². The molecule has 0 aliphatic heterocycles. The molecule has 4 rings (SSSR count). The van der Waals surface area contributed by atoms with Crippen LogP contribution in [0, 0.1) is 11.6 Å². The van der Waals surface area contributed by atoms with Crippen LogP contribution >= 0.6 is 11.3 Å². The van der Waals surface area contributed by atoms with Crippen molar-refractivity contribution in [3.63, 3.8) is 0 Å². The van der Waals surface area contributed by atoms with Crippen LogP contribution in [0.2, 0.25) is 0 Å². The molecule has 31 heavy (non-hydrogen) atoms. The fraction of sp³-hybridized carbons (Fsp3) is 0.130. The Hall–Kier alpha value is -3.36. The SMILES string of the molecule is COCCn1c(=NC(=O)c2ccccc2Oc2ccccc2)sc2cc(F)cc(F)c21. The molecule has 0 fully saturated rings. The molecule has 5 nitrogen and oxygen atoms in total. The first-order valence-electron chi connectivity index (χ1n) is 9.45. The Kier molecular flexibility index (Phi) is 6.20. The highest BCUT2D eigenvalue weighted by Crippen LogP contribution is 2.26. The summed E-state index contributed by atoms with van der Waals surface area (Å²) in [6.45, 7) is 0.533. The average molecular weight is 440 g/mol. The number of rotatable bonds is 6. The van der Waals surface area contributed by atoms with E-state index in [-0.39, 0.29) is 29.0 Å². The van der Waals surface area contributed by atoms with E-state index in [1.807, 2.05) is 18.2 Å². The number of carbonyl (C=O) groups is 1. The molecule has 3 aromatic carbocycles. The van der Waals surface area contributed by atoms with E-state index in [0.29, 0.717) is 16.2 Å². The zero-order valence-corrected chi connectivity index (χ0v) is 17.4. The van der Waals surface area contributed by atoms with Gasteiger partial charge in [-0.25, -0.2) is 8.78 Å². The predicted octanol–water partition coefficient (Wildman–Crippen LogP) is 5.16. The third-order valence-corrected chi connectivity index (χ3v) is 5.53. The number of carbonyl (C=O) groups excluding carboxylic acids is 1. The van der Waals surface area contributed by atoms with E-state index in [0.717, 1.165) is 17.4 Å². The number of methoxy groups -OCH3 is 1. The first kappa shape index (κ1) is 20.9. The molecule has 1 amide bonds. The minimum Gasteiger partial charge on any atom is -0.457 e. The first-order valence-corrected chi connectivity index (χ1v) is 10.3. The normalized spacial score (nSPS) is 11.8. The summed E-state index contributed by atoms with van der Waals surface area (Å²) in [5.74, 6) is -1.03. The van der Waals surface area contributed by atoms with Crippen molar-refractivity contribution in [2.75, 3.05) is 13.7 Å². The summed E-state index contributed by atoms with van der Waals surface area (Å²) in [7, 11) is 1.52. The topological polar surface area (TPSA) is 52.8 Å². The van der Waals surface area contributed by atoms with Crippen LogP contribution in [0.5, 0.6) is 11.5 Å². The van der Waals surface area contributed by atoms with E-state index in [9.17, 15) is 13.6 Å². The lowest BCUT2D eigenvalue weighted by atomic mass is 10.2. The van der Waals surface area contributed by atoms with Crippen LogP contribution in [0.15, 0.2) is 71.7 Å². The molecule has 158 valence electrons. The summed E-state index contributed by atoms with van der Waals surface area (Å²) in [4.78, 5) is 17.5. The van der Waals surface area contributed by atoms with Crippen molar-refractivity contribution < 1.29 is 23.0 Å². The maximum Gasteiger partial charge on any atom is 0.283 e. The number of amides is 1. The predicted molar refractivity (Wildman–Crippen MR) is 114 cm³/mol. The van der Waals surface area contributed by atoms with E-state index < -0.39 is 17.5 Å². The van der Waals surface area contributed by atoms with E-state index in [1.54, 1.807) is 36.4 Å². The van der Waals surface area contributed by atoms with Crippen LogP contribution in [-0.4, -0.2) is 24.2 Å². The van der Waals surface area contributed by atoms with Crippen LogP contribution in [0.4, 0.5) is 8.78 Å². The van der Waals surface area contributed by atoms with Crippen molar-refractivity contribution in [1.82, 2.24) is 4.57 Å². The Bertz CT molecular complexity index is 1300. The Morgan fingerprint density at radius 2 is 1.81 bits per heavy atom. The summed E-state index contributed by atoms with van der Waals surface area (Å²) in [6.07, 6.45) is 0. The molecule has 0 atom stereocenters. The van der Waals surface area contributed by atoms with Gasteiger partial charge in [-0.05, 0) is 30.3 Å². The standard InChI is InChI=1S/C23H18F2N2O3S/c1-29-12-11-27-21-18(25)13-15(24)14-20(21)31-23(27)26-22(28)17-9-5-6-10-19(17)30-16-7-3-2-4-8-16/h2-10,13-14H,11-12H2,1H3. The van der Waals surface area contributed by atoms with Gasteiger partial charge in [0.2, 0.25) is 0 Å². The number of nitrogens with zero attached hydrogens (tertiary/aromatic N) is 2. The molecule has 0 saturated carbocycles. The van der Waals surface area contributed by atoms with Crippen LogP contribution in [0.1, 0.15) is 10.4 Å². The highest BCUT2D eigenvalue weighted by molar-refractivity contribution is 7.16. The van der Waals surface area contributed by atoms with Crippen molar-refractivity contribution in [3.8, 4) is 11.5 Å². The molecule has 8 heteroatoms. The minimum atomic E-state index is -0.718. The number of hydrogen-bond acceptors (Lipinski definition) is 4. The number of fused-ring (bicyclic) bond motifs is 1. The van der Waals surface area contributed by atoms with Crippen LogP contribution in [0.3, 0.4) is 0 Å². The van der Waals surface area contributed by atoms with Gasteiger partial charge in [-0.3, -0.25) is 4.79 Å². The Labute approximate surface area is 180 Å². The Morgan fingerprint density at radius 3 is 2.58 bits per heavy atom. The van der Waals surface area contributed by atoms with Gasteiger partial charge in [-0.15, -0.1) is 0 Å². The van der Waals surface area contributed by atoms with Crippen LogP contribution in [-0.2, 0) is 11.3 Å². The molecular weight excluding hydrogens is 422 g/mol. The second-order valence-electron chi connectivity index (χ2n) is 6.59. The van der Waals surface area contributed by atoms with Crippen molar-refractivity contribution in [1.29, 1.82) is 0 Å². The van der Waals surface area contributed by atoms with Gasteiger partial charge in [0, 0.05) is 19.7 Å². The second-order valence-corrected chi connectivity index (χ2v) is 7.60. The van der Waals surface area contributed by atoms with Gasteiger partial charge in [0.1, 0.15) is 17.3 Å². The van der Waals surface area contributed by atoms with Gasteiger partial charge in [-0.1, -0.05) is 41.7 Å². The largest absolute Gasteiger partial charge is 0.457 e. The summed E-state index contributed by atoms with van der Waals surface area (Å²) in [6, 6.07) is 17.9. The second kappa shape index (κ2) is 9.20. The van der Waals surface area contributed by atoms with E-state index >= 15 is 0 Å². The Morgan fingerprint density at radius 1 is 1.06 bits per heavy atom. The van der Waals surface area contributed by atoms with Crippen molar-refractivity contribution >= 4 is 27.5 Å². The summed E-state index contributed by atoms with van der Waals surface area (Å²) < 4.78 is 41.0. The maximum absolute atomic E-state index is 14.5. The number of para-hydroxylation sites is 2. The molecule has 1 heterocycles. The van der Waals surface area contributed by atoms with Crippen molar-refractivity contribution in [2.24, 2.45) is 4.99 Å². The molecule has 0 saturated heterocycles. The molecule has 4 aromatic rings. The molecule has 1 aromatic heterocycles. The minimum absolute atomic E-state index is 0.184. The number of halogens is 2. The third-order valence-electron chi connectivity index (χ3n) is 4.50. The molecule has 0 unspecified atom stereocenters. The summed E-state index contributed by atoms with van der Waals surface area (Å²) in [5.41, 5.74) is 0.442. The third kappa shape index (κ3) is 4.55. The molecule has 0 aliphatic carbocycles. The highest BCUT2D eigenvalue weighted by Gasteiger charge is 2.16. The molecule has 0 bridgehead atoms. The van der Waals surface area contributed by atoms with Gasteiger partial charge >= 0.3 is 0 Å². The zero-order valence-electron chi connectivity index (χ0n) is 16.5. The van der Waals surface area contributed by atoms with Crippen molar-refractivity contribution in [2.45, 2.75) is 6.54 Å². The Balaban J connectivity index is 1.79. The molecule has 0 N–H and O–H groups in total. The molecule has 0 aliphatic rings. The lowest BCUT2D eigenvalue weighted by Crippen LogP contribution is -2.20. The fourth-order valence-electron chi connectivity index (χ4n) is 3.10. The van der Waals surface area contributed by atoms with Gasteiger partial charge in [0.25, 0.3) is 5.91 Å². The number of aromatic nitrogens is 1. The van der Waals surface area contributed by atoms with E-state index in [4.69, 9.17) is 9.47 Å². The van der Waals surface area contributed by atoms with Crippen molar-refractivity contribution in [3.05, 3.63) is 88.7 Å². The first-order chi connectivity index (χ1) is 15.1. The van der Waals surface area contributed by atoms with Crippen LogP contribution < -0.4 is 9.54 Å². The quantitative estimate of drug-likeness (QED) is 0.416.